The molecule has 1 aromatic heterocycles. The van der Waals surface area contributed by atoms with Crippen LogP contribution in [0.15, 0.2) is 22.7 Å². The fourth-order valence-electron chi connectivity index (χ4n) is 2.68. The van der Waals surface area contributed by atoms with Gasteiger partial charge in [0.05, 0.1) is 5.92 Å². The molecule has 0 amide bonds. The molecule has 0 aliphatic heterocycles. The molecule has 0 saturated carbocycles. The lowest BCUT2D eigenvalue weighted by molar-refractivity contribution is -0.143. The second-order valence-corrected chi connectivity index (χ2v) is 6.86. The van der Waals surface area contributed by atoms with Crippen molar-refractivity contribution in [3.63, 3.8) is 0 Å². The zero-order valence-electron chi connectivity index (χ0n) is 12.8. The topological polar surface area (TPSA) is 91.8 Å². The number of nitrogens with one attached hydrogen (secondary N) is 1. The smallest absolute Gasteiger partial charge is 0.307 e. The number of aliphatic carboxylic acids is 1. The van der Waals surface area contributed by atoms with Gasteiger partial charge in [-0.2, -0.15) is 0 Å². The fraction of sp³-hybridized carbons (Fsp3) is 0.467. The summed E-state index contributed by atoms with van der Waals surface area (Å²) in [6.07, 6.45) is 0.814. The third-order valence-electron chi connectivity index (χ3n) is 3.62. The predicted molar refractivity (Wildman–Crippen MR) is 85.3 cm³/mol. The first-order valence-corrected chi connectivity index (χ1v) is 8.07. The highest BCUT2D eigenvalue weighted by atomic mass is 79.9. The Morgan fingerprint density at radius 1 is 1.39 bits per heavy atom. The lowest BCUT2D eigenvalue weighted by Gasteiger charge is -2.23. The number of nitrogens with zero attached hydrogens (tertiary/aromatic N) is 3. The van der Waals surface area contributed by atoms with Crippen LogP contribution in [0.4, 0.5) is 4.39 Å². The molecule has 2 N–H and O–H groups in total. The molecule has 8 heteroatoms. The number of halogens is 2. The summed E-state index contributed by atoms with van der Waals surface area (Å²) in [5.41, 5.74) is 0.688. The van der Waals surface area contributed by atoms with Crippen molar-refractivity contribution in [1.29, 1.82) is 0 Å². The average molecular weight is 385 g/mol. The van der Waals surface area contributed by atoms with E-state index in [1.54, 1.807) is 6.07 Å². The molecule has 6 nitrogen and oxygen atoms in total. The molecule has 1 aromatic carbocycles. The molecule has 0 aliphatic rings. The highest BCUT2D eigenvalue weighted by molar-refractivity contribution is 9.10. The van der Waals surface area contributed by atoms with Crippen LogP contribution in [0.3, 0.4) is 0 Å². The van der Waals surface area contributed by atoms with Crippen molar-refractivity contribution in [2.24, 2.45) is 11.8 Å². The normalized spacial score (nSPS) is 14.0. The minimum absolute atomic E-state index is 0.203. The van der Waals surface area contributed by atoms with E-state index in [2.05, 4.69) is 36.6 Å². The summed E-state index contributed by atoms with van der Waals surface area (Å²) < 4.78 is 14.2. The van der Waals surface area contributed by atoms with E-state index in [4.69, 9.17) is 0 Å². The Labute approximate surface area is 141 Å². The van der Waals surface area contributed by atoms with Crippen LogP contribution in [-0.4, -0.2) is 31.7 Å². The summed E-state index contributed by atoms with van der Waals surface area (Å²) in [5.74, 6) is -1.80. The number of H-pyrrole nitrogens is 1. The second kappa shape index (κ2) is 7.63. The molecule has 1 heterocycles. The van der Waals surface area contributed by atoms with E-state index >= 15 is 0 Å². The molecule has 0 saturated heterocycles. The first-order valence-electron chi connectivity index (χ1n) is 7.28. The number of benzene rings is 1. The number of hydrogen-bond donors (Lipinski definition) is 2. The zero-order valence-corrected chi connectivity index (χ0v) is 14.4. The standard InChI is InChI=1S/C15H18BrFN4O2/c1-8(2)3-13(15(22)23)12(14-18-20-21-19-14)6-9-4-10(16)7-11(17)5-9/h4-5,7-8,12-13H,3,6H2,1-2H3,(H,22,23)(H,18,19,20,21)/t12-,13-/m0/s1. The van der Waals surface area contributed by atoms with Crippen LogP contribution in [0, 0.1) is 17.7 Å². The van der Waals surface area contributed by atoms with Crippen molar-refractivity contribution in [3.8, 4) is 0 Å². The van der Waals surface area contributed by atoms with Gasteiger partial charge in [0.25, 0.3) is 0 Å². The van der Waals surface area contributed by atoms with Crippen LogP contribution in [0.25, 0.3) is 0 Å². The van der Waals surface area contributed by atoms with Gasteiger partial charge < -0.3 is 5.11 Å². The third-order valence-corrected chi connectivity index (χ3v) is 4.08. The molecule has 0 fully saturated rings. The Bertz CT molecular complexity index is 643. The molecule has 2 rings (SSSR count). The lowest BCUT2D eigenvalue weighted by atomic mass is 9.81. The van der Waals surface area contributed by atoms with E-state index in [1.807, 2.05) is 13.8 Å². The number of rotatable bonds is 7. The average Bonchev–Trinajstić information content (AvgIpc) is 2.95. The molecule has 0 unspecified atom stereocenters. The summed E-state index contributed by atoms with van der Waals surface area (Å²) in [5, 5.41) is 23.2. The number of hydrogen-bond acceptors (Lipinski definition) is 4. The Balaban J connectivity index is 2.35. The molecule has 23 heavy (non-hydrogen) atoms. The molecule has 2 atom stereocenters. The van der Waals surface area contributed by atoms with E-state index in [0.717, 1.165) is 0 Å². The molecular weight excluding hydrogens is 367 g/mol. The van der Waals surface area contributed by atoms with Gasteiger partial charge in [-0.1, -0.05) is 29.8 Å². The molecule has 124 valence electrons. The van der Waals surface area contributed by atoms with E-state index in [1.165, 1.54) is 12.1 Å². The highest BCUT2D eigenvalue weighted by Crippen LogP contribution is 2.32. The Hall–Kier alpha value is -1.83. The maximum atomic E-state index is 13.6. The number of carboxylic acid groups (broad SMARTS) is 1. The van der Waals surface area contributed by atoms with Crippen molar-refractivity contribution in [3.05, 3.63) is 39.9 Å². The van der Waals surface area contributed by atoms with Gasteiger partial charge in [0.15, 0.2) is 5.82 Å². The van der Waals surface area contributed by atoms with Gasteiger partial charge in [-0.15, -0.1) is 5.10 Å². The molecule has 2 aromatic rings. The Kier molecular flexibility index (Phi) is 5.81. The maximum Gasteiger partial charge on any atom is 0.307 e. The molecule has 0 bridgehead atoms. The Morgan fingerprint density at radius 3 is 2.65 bits per heavy atom. The van der Waals surface area contributed by atoms with Gasteiger partial charge >= 0.3 is 5.97 Å². The van der Waals surface area contributed by atoms with Gasteiger partial charge in [0, 0.05) is 10.4 Å². The monoisotopic (exact) mass is 384 g/mol. The van der Waals surface area contributed by atoms with Gasteiger partial charge in [0.1, 0.15) is 5.82 Å². The SMILES string of the molecule is CC(C)C[C@H](C(=O)O)[C@H](Cc1cc(F)cc(Br)c1)c1nnn[nH]1. The number of carbonyl (C=O) groups is 1. The summed E-state index contributed by atoms with van der Waals surface area (Å²) in [4.78, 5) is 11.7. The van der Waals surface area contributed by atoms with E-state index in [9.17, 15) is 14.3 Å². The predicted octanol–water partition coefficient (Wildman–Crippen LogP) is 3.17. The van der Waals surface area contributed by atoms with Gasteiger partial charge in [-0.05, 0) is 52.9 Å². The molecular formula is C15H18BrFN4O2. The maximum absolute atomic E-state index is 13.6. The largest absolute Gasteiger partial charge is 0.481 e. The van der Waals surface area contributed by atoms with Crippen molar-refractivity contribution < 1.29 is 14.3 Å². The minimum Gasteiger partial charge on any atom is -0.481 e. The first-order chi connectivity index (χ1) is 10.9. The van der Waals surface area contributed by atoms with Crippen molar-refractivity contribution in [1.82, 2.24) is 20.6 Å². The number of aromatic amines is 1. The number of tetrazole rings is 1. The van der Waals surface area contributed by atoms with Gasteiger partial charge in [-0.25, -0.2) is 9.49 Å². The summed E-state index contributed by atoms with van der Waals surface area (Å²) in [6, 6.07) is 4.53. The van der Waals surface area contributed by atoms with E-state index in [0.29, 0.717) is 28.7 Å². The third kappa shape index (κ3) is 4.82. The van der Waals surface area contributed by atoms with Crippen molar-refractivity contribution >= 4 is 21.9 Å². The number of carboxylic acids is 1. The van der Waals surface area contributed by atoms with Crippen LogP contribution < -0.4 is 0 Å². The van der Waals surface area contributed by atoms with Crippen LogP contribution in [0.5, 0.6) is 0 Å². The fourth-order valence-corrected chi connectivity index (χ4v) is 3.19. The highest BCUT2D eigenvalue weighted by Gasteiger charge is 2.32. The molecule has 0 radical (unpaired) electrons. The number of aromatic nitrogens is 4. The summed E-state index contributed by atoms with van der Waals surface area (Å²) in [7, 11) is 0. The van der Waals surface area contributed by atoms with Crippen LogP contribution in [-0.2, 0) is 11.2 Å². The van der Waals surface area contributed by atoms with Crippen LogP contribution >= 0.6 is 15.9 Å². The van der Waals surface area contributed by atoms with Crippen molar-refractivity contribution in [2.45, 2.75) is 32.6 Å². The van der Waals surface area contributed by atoms with Gasteiger partial charge in [0.2, 0.25) is 0 Å². The minimum atomic E-state index is -0.907. The molecule has 0 aliphatic carbocycles. The van der Waals surface area contributed by atoms with E-state index < -0.39 is 17.8 Å². The quantitative estimate of drug-likeness (QED) is 0.764. The zero-order chi connectivity index (χ0) is 17.0. The van der Waals surface area contributed by atoms with Crippen LogP contribution in [0.1, 0.15) is 37.6 Å². The summed E-state index contributed by atoms with van der Waals surface area (Å²) in [6.45, 7) is 3.93. The first kappa shape index (κ1) is 17.5. The molecule has 0 spiro atoms. The summed E-state index contributed by atoms with van der Waals surface area (Å²) >= 11 is 3.25. The second-order valence-electron chi connectivity index (χ2n) is 5.95. The Morgan fingerprint density at radius 2 is 2.13 bits per heavy atom. The van der Waals surface area contributed by atoms with Crippen molar-refractivity contribution in [2.75, 3.05) is 0 Å². The van der Waals surface area contributed by atoms with Crippen LogP contribution in [0.2, 0.25) is 0 Å². The lowest BCUT2D eigenvalue weighted by Crippen LogP contribution is -2.26. The van der Waals surface area contributed by atoms with E-state index in [-0.39, 0.29) is 11.7 Å². The van der Waals surface area contributed by atoms with Gasteiger partial charge in [-0.3, -0.25) is 4.79 Å².